The van der Waals surface area contributed by atoms with Crippen LogP contribution in [0.5, 0.6) is 5.75 Å². The molecule has 0 atom stereocenters. The van der Waals surface area contributed by atoms with Gasteiger partial charge in [0.15, 0.2) is 0 Å². The van der Waals surface area contributed by atoms with Gasteiger partial charge in [0.1, 0.15) is 5.75 Å². The fraction of sp³-hybridized carbons (Fsp3) is 0.0417. The van der Waals surface area contributed by atoms with Gasteiger partial charge in [-0.2, -0.15) is 5.10 Å². The number of rotatable bonds is 5. The second kappa shape index (κ2) is 8.35. The lowest BCUT2D eigenvalue weighted by atomic mass is 10.1. The first-order valence-electron chi connectivity index (χ1n) is 9.27. The molecule has 0 saturated heterocycles. The molecule has 0 saturated carbocycles. The van der Waals surface area contributed by atoms with Crippen LogP contribution in [0.3, 0.4) is 0 Å². The van der Waals surface area contributed by atoms with E-state index in [9.17, 15) is 5.11 Å². The number of hydrogen-bond donors (Lipinski definition) is 2. The largest absolute Gasteiger partial charge is 0.508 e. The third kappa shape index (κ3) is 4.65. The van der Waals surface area contributed by atoms with Crippen LogP contribution in [0.2, 0.25) is 0 Å². The summed E-state index contributed by atoms with van der Waals surface area (Å²) in [5.74, 6) is 0.634. The maximum atomic E-state index is 9.38. The topological polar surface area (TPSA) is 70.4 Å². The number of aromatic hydroxyl groups is 1. The SMILES string of the molecule is Cc1cccc(-c2cc(-c3ccccc3)nc(N/N=C/c3ccc(O)cc3)n2)c1. The fourth-order valence-corrected chi connectivity index (χ4v) is 2.93. The summed E-state index contributed by atoms with van der Waals surface area (Å²) >= 11 is 0. The van der Waals surface area contributed by atoms with Crippen LogP contribution in [0.25, 0.3) is 22.5 Å². The van der Waals surface area contributed by atoms with Crippen LogP contribution >= 0.6 is 0 Å². The molecule has 0 bridgehead atoms. The van der Waals surface area contributed by atoms with Gasteiger partial charge in [-0.1, -0.05) is 54.1 Å². The Labute approximate surface area is 169 Å². The number of nitrogens with one attached hydrogen (secondary N) is 1. The lowest BCUT2D eigenvalue weighted by molar-refractivity contribution is 0.475. The van der Waals surface area contributed by atoms with Crippen LogP contribution in [-0.2, 0) is 0 Å². The smallest absolute Gasteiger partial charge is 0.244 e. The third-order valence-corrected chi connectivity index (χ3v) is 4.38. The van der Waals surface area contributed by atoms with Gasteiger partial charge >= 0.3 is 0 Å². The lowest BCUT2D eigenvalue weighted by Gasteiger charge is -2.09. The molecule has 3 aromatic carbocycles. The molecule has 1 aromatic heterocycles. The number of hydrogen-bond acceptors (Lipinski definition) is 5. The van der Waals surface area contributed by atoms with Crippen molar-refractivity contribution >= 4 is 12.2 Å². The van der Waals surface area contributed by atoms with Gasteiger partial charge in [0.05, 0.1) is 17.6 Å². The molecule has 142 valence electrons. The van der Waals surface area contributed by atoms with E-state index in [1.165, 1.54) is 5.56 Å². The average Bonchev–Trinajstić information content (AvgIpc) is 2.76. The van der Waals surface area contributed by atoms with Gasteiger partial charge in [-0.05, 0) is 48.9 Å². The van der Waals surface area contributed by atoms with Crippen LogP contribution in [0.4, 0.5) is 5.95 Å². The number of aryl methyl sites for hydroxylation is 1. The Bertz CT molecular complexity index is 1140. The molecule has 1 heterocycles. The molecule has 5 heteroatoms. The van der Waals surface area contributed by atoms with Gasteiger partial charge in [0.2, 0.25) is 5.95 Å². The minimum Gasteiger partial charge on any atom is -0.508 e. The summed E-state index contributed by atoms with van der Waals surface area (Å²) in [5, 5.41) is 13.6. The van der Waals surface area contributed by atoms with E-state index in [2.05, 4.69) is 39.6 Å². The van der Waals surface area contributed by atoms with Crippen molar-refractivity contribution in [2.75, 3.05) is 5.43 Å². The van der Waals surface area contributed by atoms with E-state index in [1.54, 1.807) is 30.5 Å². The molecule has 29 heavy (non-hydrogen) atoms. The highest BCUT2D eigenvalue weighted by Gasteiger charge is 2.08. The van der Waals surface area contributed by atoms with Crippen LogP contribution < -0.4 is 5.43 Å². The molecule has 0 aliphatic carbocycles. The van der Waals surface area contributed by atoms with Crippen molar-refractivity contribution in [3.8, 4) is 28.3 Å². The van der Waals surface area contributed by atoms with Crippen molar-refractivity contribution in [1.29, 1.82) is 0 Å². The van der Waals surface area contributed by atoms with E-state index >= 15 is 0 Å². The summed E-state index contributed by atoms with van der Waals surface area (Å²) in [6, 6.07) is 27.0. The summed E-state index contributed by atoms with van der Waals surface area (Å²) < 4.78 is 0. The molecule has 5 nitrogen and oxygen atoms in total. The van der Waals surface area contributed by atoms with Crippen LogP contribution in [0.15, 0.2) is 90.0 Å². The second-order valence-corrected chi connectivity index (χ2v) is 6.66. The van der Waals surface area contributed by atoms with Crippen molar-refractivity contribution in [3.63, 3.8) is 0 Å². The highest BCUT2D eigenvalue weighted by atomic mass is 16.3. The van der Waals surface area contributed by atoms with E-state index in [0.717, 1.165) is 28.1 Å². The maximum absolute atomic E-state index is 9.38. The van der Waals surface area contributed by atoms with Crippen LogP contribution in [0, 0.1) is 6.92 Å². The molecule has 4 rings (SSSR count). The zero-order valence-corrected chi connectivity index (χ0v) is 15.9. The molecule has 0 fully saturated rings. The number of anilines is 1. The summed E-state index contributed by atoms with van der Waals surface area (Å²) in [5.41, 5.74) is 8.63. The molecule has 2 N–H and O–H groups in total. The Balaban J connectivity index is 1.68. The second-order valence-electron chi connectivity index (χ2n) is 6.66. The Kier molecular flexibility index (Phi) is 5.29. The number of phenolic OH excluding ortho intramolecular Hbond substituents is 1. The number of phenols is 1. The standard InChI is InChI=1S/C24H20N4O/c1-17-6-5-9-20(14-17)23-15-22(19-7-3-2-4-8-19)26-24(27-23)28-25-16-18-10-12-21(29)13-11-18/h2-16,29H,1H3,(H,26,27,28)/b25-16+. The summed E-state index contributed by atoms with van der Waals surface area (Å²) in [6.07, 6.45) is 1.66. The molecular formula is C24H20N4O. The molecular weight excluding hydrogens is 360 g/mol. The molecule has 0 radical (unpaired) electrons. The fourth-order valence-electron chi connectivity index (χ4n) is 2.93. The Morgan fingerprint density at radius 2 is 1.48 bits per heavy atom. The van der Waals surface area contributed by atoms with Crippen molar-refractivity contribution < 1.29 is 5.11 Å². The highest BCUT2D eigenvalue weighted by molar-refractivity contribution is 5.80. The van der Waals surface area contributed by atoms with E-state index in [-0.39, 0.29) is 5.75 Å². The summed E-state index contributed by atoms with van der Waals surface area (Å²) in [4.78, 5) is 9.26. The van der Waals surface area contributed by atoms with Crippen molar-refractivity contribution in [3.05, 3.63) is 96.1 Å². The lowest BCUT2D eigenvalue weighted by Crippen LogP contribution is -2.00. The van der Waals surface area contributed by atoms with Gasteiger partial charge < -0.3 is 5.11 Å². The van der Waals surface area contributed by atoms with Crippen molar-refractivity contribution in [1.82, 2.24) is 9.97 Å². The first-order chi connectivity index (χ1) is 14.2. The van der Waals surface area contributed by atoms with E-state index in [1.807, 2.05) is 48.5 Å². The first-order valence-corrected chi connectivity index (χ1v) is 9.27. The molecule has 4 aromatic rings. The molecule has 0 aliphatic rings. The quantitative estimate of drug-likeness (QED) is 0.365. The predicted octanol–water partition coefficient (Wildman–Crippen LogP) is 5.27. The van der Waals surface area contributed by atoms with Crippen LogP contribution in [-0.4, -0.2) is 21.3 Å². The van der Waals surface area contributed by atoms with E-state index < -0.39 is 0 Å². The highest BCUT2D eigenvalue weighted by Crippen LogP contribution is 2.25. The average molecular weight is 380 g/mol. The molecule has 0 spiro atoms. The maximum Gasteiger partial charge on any atom is 0.244 e. The summed E-state index contributed by atoms with van der Waals surface area (Å²) in [7, 11) is 0. The Morgan fingerprint density at radius 3 is 2.21 bits per heavy atom. The van der Waals surface area contributed by atoms with Gasteiger partial charge in [-0.25, -0.2) is 15.4 Å². The van der Waals surface area contributed by atoms with E-state index in [0.29, 0.717) is 5.95 Å². The molecule has 0 aliphatic heterocycles. The minimum atomic E-state index is 0.219. The summed E-state index contributed by atoms with van der Waals surface area (Å²) in [6.45, 7) is 2.06. The number of aromatic nitrogens is 2. The monoisotopic (exact) mass is 380 g/mol. The van der Waals surface area contributed by atoms with Gasteiger partial charge in [0.25, 0.3) is 0 Å². The van der Waals surface area contributed by atoms with Crippen LogP contribution in [0.1, 0.15) is 11.1 Å². The van der Waals surface area contributed by atoms with Gasteiger partial charge in [-0.15, -0.1) is 0 Å². The zero-order valence-electron chi connectivity index (χ0n) is 15.9. The van der Waals surface area contributed by atoms with Crippen molar-refractivity contribution in [2.24, 2.45) is 5.10 Å². The third-order valence-electron chi connectivity index (χ3n) is 4.38. The molecule has 0 amide bonds. The van der Waals surface area contributed by atoms with Gasteiger partial charge in [0, 0.05) is 11.1 Å². The Morgan fingerprint density at radius 1 is 0.793 bits per heavy atom. The normalized spacial score (nSPS) is 10.9. The van der Waals surface area contributed by atoms with E-state index in [4.69, 9.17) is 0 Å². The predicted molar refractivity (Wildman–Crippen MR) is 117 cm³/mol. The number of benzene rings is 3. The van der Waals surface area contributed by atoms with Crippen molar-refractivity contribution in [2.45, 2.75) is 6.92 Å². The Hall–Kier alpha value is -3.99. The minimum absolute atomic E-state index is 0.219. The zero-order chi connectivity index (χ0) is 20.1. The first kappa shape index (κ1) is 18.4. The molecule has 0 unspecified atom stereocenters. The number of hydrazone groups is 1. The number of nitrogens with zero attached hydrogens (tertiary/aromatic N) is 3. The van der Waals surface area contributed by atoms with Gasteiger partial charge in [-0.3, -0.25) is 0 Å².